The number of halogens is 1. The van der Waals surface area contributed by atoms with E-state index in [2.05, 4.69) is 4.98 Å². The molecule has 1 aromatic heterocycles. The number of aromatic amines is 1. The van der Waals surface area contributed by atoms with Gasteiger partial charge in [-0.3, -0.25) is 4.79 Å². The Morgan fingerprint density at radius 2 is 2.18 bits per heavy atom. The molecular formula is C13H12ClNO2. The minimum absolute atomic E-state index is 0.576. The van der Waals surface area contributed by atoms with Gasteiger partial charge in [-0.05, 0) is 37.5 Å². The summed E-state index contributed by atoms with van der Waals surface area (Å²) in [7, 11) is 0. The van der Waals surface area contributed by atoms with Crippen LogP contribution in [0.5, 0.6) is 0 Å². The zero-order valence-corrected chi connectivity index (χ0v) is 10.1. The Kier molecular flexibility index (Phi) is 2.05. The second kappa shape index (κ2) is 3.26. The maximum absolute atomic E-state index is 11.3. The van der Waals surface area contributed by atoms with Crippen molar-refractivity contribution in [1.29, 1.82) is 0 Å². The molecule has 88 valence electrons. The summed E-state index contributed by atoms with van der Waals surface area (Å²) in [6.07, 6.45) is 1.36. The van der Waals surface area contributed by atoms with Crippen LogP contribution >= 0.6 is 11.6 Å². The fourth-order valence-electron chi connectivity index (χ4n) is 2.40. The minimum Gasteiger partial charge on any atom is -0.481 e. The van der Waals surface area contributed by atoms with Gasteiger partial charge in [-0.2, -0.15) is 0 Å². The largest absolute Gasteiger partial charge is 0.481 e. The van der Waals surface area contributed by atoms with Crippen molar-refractivity contribution < 1.29 is 9.90 Å². The number of benzene rings is 1. The SMILES string of the molecule is Cc1cc2c(Cl)c(C3(C(=O)O)CC3)ccc2[nH]1. The summed E-state index contributed by atoms with van der Waals surface area (Å²) in [5, 5.41) is 10.8. The normalized spacial score (nSPS) is 17.3. The van der Waals surface area contributed by atoms with Crippen LogP contribution in [0.1, 0.15) is 24.1 Å². The number of carboxylic acid groups (broad SMARTS) is 1. The molecule has 4 heteroatoms. The lowest BCUT2D eigenvalue weighted by molar-refractivity contribution is -0.140. The number of aryl methyl sites for hydroxylation is 1. The van der Waals surface area contributed by atoms with E-state index in [1.54, 1.807) is 0 Å². The zero-order valence-electron chi connectivity index (χ0n) is 9.38. The first-order valence-electron chi connectivity index (χ1n) is 5.56. The number of carbonyl (C=O) groups is 1. The van der Waals surface area contributed by atoms with Crippen molar-refractivity contribution in [3.05, 3.63) is 34.5 Å². The van der Waals surface area contributed by atoms with E-state index in [1.807, 2.05) is 25.1 Å². The molecule has 3 rings (SSSR count). The van der Waals surface area contributed by atoms with E-state index >= 15 is 0 Å². The van der Waals surface area contributed by atoms with Crippen LogP contribution in [0.2, 0.25) is 5.02 Å². The molecule has 3 nitrogen and oxygen atoms in total. The van der Waals surface area contributed by atoms with E-state index < -0.39 is 11.4 Å². The van der Waals surface area contributed by atoms with Crippen LogP contribution in [0.3, 0.4) is 0 Å². The Morgan fingerprint density at radius 3 is 2.76 bits per heavy atom. The van der Waals surface area contributed by atoms with Crippen molar-refractivity contribution in [2.75, 3.05) is 0 Å². The number of hydrogen-bond acceptors (Lipinski definition) is 1. The summed E-state index contributed by atoms with van der Waals surface area (Å²) in [6.45, 7) is 1.96. The van der Waals surface area contributed by atoms with Gasteiger partial charge < -0.3 is 10.1 Å². The number of nitrogens with one attached hydrogen (secondary N) is 1. The molecule has 0 aliphatic heterocycles. The molecule has 1 aromatic carbocycles. The predicted molar refractivity (Wildman–Crippen MR) is 66.6 cm³/mol. The second-order valence-corrected chi connectivity index (χ2v) is 5.11. The van der Waals surface area contributed by atoms with Crippen molar-refractivity contribution in [3.8, 4) is 0 Å². The maximum atomic E-state index is 11.3. The summed E-state index contributed by atoms with van der Waals surface area (Å²) in [5.41, 5.74) is 1.99. The van der Waals surface area contributed by atoms with Crippen LogP contribution in [-0.4, -0.2) is 16.1 Å². The lowest BCUT2D eigenvalue weighted by Gasteiger charge is -2.12. The molecule has 0 radical (unpaired) electrons. The van der Waals surface area contributed by atoms with Crippen molar-refractivity contribution >= 4 is 28.5 Å². The van der Waals surface area contributed by atoms with Gasteiger partial charge in [0.25, 0.3) is 0 Å². The van der Waals surface area contributed by atoms with E-state index in [9.17, 15) is 9.90 Å². The second-order valence-electron chi connectivity index (χ2n) is 4.73. The third-order valence-corrected chi connectivity index (χ3v) is 3.95. The van der Waals surface area contributed by atoms with E-state index in [-0.39, 0.29) is 0 Å². The summed E-state index contributed by atoms with van der Waals surface area (Å²) >= 11 is 6.34. The van der Waals surface area contributed by atoms with Gasteiger partial charge in [0.15, 0.2) is 0 Å². The van der Waals surface area contributed by atoms with E-state index in [1.165, 1.54) is 0 Å². The highest BCUT2D eigenvalue weighted by Crippen LogP contribution is 2.51. The van der Waals surface area contributed by atoms with E-state index in [4.69, 9.17) is 11.6 Å². The number of aliphatic carboxylic acids is 1. The molecule has 1 saturated carbocycles. The van der Waals surface area contributed by atoms with Gasteiger partial charge in [0.2, 0.25) is 0 Å². The quantitative estimate of drug-likeness (QED) is 0.858. The molecule has 0 bridgehead atoms. The number of rotatable bonds is 2. The Labute approximate surface area is 103 Å². The molecule has 0 amide bonds. The number of hydrogen-bond donors (Lipinski definition) is 2. The Hall–Kier alpha value is -1.48. The molecule has 17 heavy (non-hydrogen) atoms. The molecule has 2 aromatic rings. The molecule has 1 heterocycles. The van der Waals surface area contributed by atoms with Crippen LogP contribution in [0.15, 0.2) is 18.2 Å². The molecule has 0 atom stereocenters. The first kappa shape index (κ1) is 10.7. The third kappa shape index (κ3) is 1.39. The summed E-state index contributed by atoms with van der Waals surface area (Å²) in [5.74, 6) is -0.772. The van der Waals surface area contributed by atoms with Gasteiger partial charge in [0.1, 0.15) is 0 Å². The van der Waals surface area contributed by atoms with Gasteiger partial charge in [-0.25, -0.2) is 0 Å². The highest BCUT2D eigenvalue weighted by atomic mass is 35.5. The smallest absolute Gasteiger partial charge is 0.314 e. The molecule has 0 spiro atoms. The van der Waals surface area contributed by atoms with Crippen LogP contribution in [0, 0.1) is 6.92 Å². The molecule has 2 N–H and O–H groups in total. The average molecular weight is 250 g/mol. The molecule has 1 aliphatic rings. The van der Waals surface area contributed by atoms with Gasteiger partial charge in [-0.1, -0.05) is 17.7 Å². The Bertz CT molecular complexity index is 626. The first-order chi connectivity index (χ1) is 8.04. The van der Waals surface area contributed by atoms with E-state index in [0.29, 0.717) is 17.9 Å². The highest BCUT2D eigenvalue weighted by Gasteiger charge is 2.53. The number of H-pyrrole nitrogens is 1. The standard InChI is InChI=1S/C13H12ClNO2/c1-7-6-8-10(15-7)3-2-9(11(8)14)13(4-5-13)12(16)17/h2-3,6,15H,4-5H2,1H3,(H,16,17). The minimum atomic E-state index is -0.772. The third-order valence-electron chi connectivity index (χ3n) is 3.55. The van der Waals surface area contributed by atoms with Crippen LogP contribution < -0.4 is 0 Å². The molecular weight excluding hydrogens is 238 g/mol. The monoisotopic (exact) mass is 249 g/mol. The van der Waals surface area contributed by atoms with Crippen molar-refractivity contribution in [2.24, 2.45) is 0 Å². The summed E-state index contributed by atoms with van der Waals surface area (Å²) in [6, 6.07) is 5.70. The molecule has 0 unspecified atom stereocenters. The predicted octanol–water partition coefficient (Wildman–Crippen LogP) is 3.25. The average Bonchev–Trinajstić information content (AvgIpc) is 2.97. The van der Waals surface area contributed by atoms with E-state index in [0.717, 1.165) is 22.2 Å². The topological polar surface area (TPSA) is 53.1 Å². The van der Waals surface area contributed by atoms with Crippen molar-refractivity contribution in [2.45, 2.75) is 25.2 Å². The van der Waals surface area contributed by atoms with Gasteiger partial charge in [0.05, 0.1) is 10.4 Å². The van der Waals surface area contributed by atoms with Crippen LogP contribution in [0.4, 0.5) is 0 Å². The Morgan fingerprint density at radius 1 is 1.47 bits per heavy atom. The van der Waals surface area contributed by atoms with Gasteiger partial charge in [0, 0.05) is 16.6 Å². The zero-order chi connectivity index (χ0) is 12.2. The summed E-state index contributed by atoms with van der Waals surface area (Å²) < 4.78 is 0. The fraction of sp³-hybridized carbons (Fsp3) is 0.308. The molecule has 1 aliphatic carbocycles. The van der Waals surface area contributed by atoms with Crippen molar-refractivity contribution in [3.63, 3.8) is 0 Å². The lowest BCUT2D eigenvalue weighted by atomic mass is 9.95. The Balaban J connectivity index is 2.25. The van der Waals surface area contributed by atoms with Gasteiger partial charge in [-0.15, -0.1) is 0 Å². The van der Waals surface area contributed by atoms with Crippen molar-refractivity contribution in [1.82, 2.24) is 4.98 Å². The molecule has 0 saturated heterocycles. The lowest BCUT2D eigenvalue weighted by Crippen LogP contribution is -2.19. The summed E-state index contributed by atoms with van der Waals surface area (Å²) in [4.78, 5) is 14.5. The fourth-order valence-corrected chi connectivity index (χ4v) is 2.80. The first-order valence-corrected chi connectivity index (χ1v) is 5.94. The maximum Gasteiger partial charge on any atom is 0.314 e. The number of carboxylic acids is 1. The highest BCUT2D eigenvalue weighted by molar-refractivity contribution is 6.36. The van der Waals surface area contributed by atoms with Gasteiger partial charge >= 0.3 is 5.97 Å². The van der Waals surface area contributed by atoms with Crippen LogP contribution in [-0.2, 0) is 10.2 Å². The number of fused-ring (bicyclic) bond motifs is 1. The molecule has 1 fully saturated rings. The van der Waals surface area contributed by atoms with Crippen LogP contribution in [0.25, 0.3) is 10.9 Å². The number of aromatic nitrogens is 1.